The summed E-state index contributed by atoms with van der Waals surface area (Å²) < 4.78 is 0. The molecule has 1 N–H and O–H groups in total. The fourth-order valence-corrected chi connectivity index (χ4v) is 2.91. The molecule has 1 aromatic carbocycles. The molecule has 0 aromatic heterocycles. The van der Waals surface area contributed by atoms with Gasteiger partial charge in [-0.05, 0) is 44.8 Å². The Hall–Kier alpha value is -0.420. The number of nitrogens with one attached hydrogen (secondary N) is 1. The quantitative estimate of drug-likeness (QED) is 0.690. The van der Waals surface area contributed by atoms with Gasteiger partial charge in [-0.3, -0.25) is 4.79 Å². The SMILES string of the molecule is CN(C)CCCNC(=O)CCSCc1ccc(Cl)c(Cl)c1. The maximum atomic E-state index is 11.6. The van der Waals surface area contributed by atoms with E-state index in [9.17, 15) is 4.79 Å². The largest absolute Gasteiger partial charge is 0.356 e. The van der Waals surface area contributed by atoms with Crippen LogP contribution < -0.4 is 5.32 Å². The predicted molar refractivity (Wildman–Crippen MR) is 93.4 cm³/mol. The van der Waals surface area contributed by atoms with Crippen LogP contribution in [0.15, 0.2) is 18.2 Å². The number of rotatable bonds is 9. The van der Waals surface area contributed by atoms with Crippen molar-refractivity contribution in [1.82, 2.24) is 10.2 Å². The third kappa shape index (κ3) is 8.57. The highest BCUT2D eigenvalue weighted by Gasteiger charge is 2.03. The zero-order valence-corrected chi connectivity index (χ0v) is 14.8. The van der Waals surface area contributed by atoms with Crippen LogP contribution in [0.2, 0.25) is 10.0 Å². The molecule has 0 aliphatic rings. The fourth-order valence-electron chi connectivity index (χ4n) is 1.70. The molecule has 0 saturated heterocycles. The van der Waals surface area contributed by atoms with Crippen LogP contribution in [0, 0.1) is 0 Å². The molecule has 0 spiro atoms. The molecule has 0 heterocycles. The Bertz CT molecular complexity index is 455. The molecule has 0 radical (unpaired) electrons. The van der Waals surface area contributed by atoms with Crippen molar-refractivity contribution in [3.8, 4) is 0 Å². The summed E-state index contributed by atoms with van der Waals surface area (Å²) in [6.07, 6.45) is 1.53. The predicted octanol–water partition coefficient (Wildman–Crippen LogP) is 3.68. The molecule has 0 fully saturated rings. The monoisotopic (exact) mass is 348 g/mol. The molecule has 0 unspecified atom stereocenters. The van der Waals surface area contributed by atoms with Crippen molar-refractivity contribution in [2.45, 2.75) is 18.6 Å². The minimum atomic E-state index is 0.121. The third-order valence-corrected chi connectivity index (χ3v) is 4.60. The minimum Gasteiger partial charge on any atom is -0.356 e. The summed E-state index contributed by atoms with van der Waals surface area (Å²) in [5, 5.41) is 4.08. The van der Waals surface area contributed by atoms with Gasteiger partial charge in [0, 0.05) is 24.5 Å². The molecule has 118 valence electrons. The van der Waals surface area contributed by atoms with Gasteiger partial charge in [0.15, 0.2) is 0 Å². The average molecular weight is 349 g/mol. The van der Waals surface area contributed by atoms with Crippen molar-refractivity contribution in [3.63, 3.8) is 0 Å². The first-order valence-electron chi connectivity index (χ1n) is 6.92. The van der Waals surface area contributed by atoms with Crippen molar-refractivity contribution >= 4 is 40.9 Å². The lowest BCUT2D eigenvalue weighted by molar-refractivity contribution is -0.120. The van der Waals surface area contributed by atoms with Crippen molar-refractivity contribution in [3.05, 3.63) is 33.8 Å². The van der Waals surface area contributed by atoms with E-state index in [1.165, 1.54) is 0 Å². The molecule has 21 heavy (non-hydrogen) atoms. The number of amides is 1. The topological polar surface area (TPSA) is 32.3 Å². The van der Waals surface area contributed by atoms with Crippen LogP contribution in [0.5, 0.6) is 0 Å². The molecule has 1 amide bonds. The minimum absolute atomic E-state index is 0.121. The van der Waals surface area contributed by atoms with Crippen molar-refractivity contribution < 1.29 is 4.79 Å². The first kappa shape index (κ1) is 18.6. The van der Waals surface area contributed by atoms with Crippen LogP contribution in [0.25, 0.3) is 0 Å². The summed E-state index contributed by atoms with van der Waals surface area (Å²) in [7, 11) is 4.06. The zero-order chi connectivity index (χ0) is 15.7. The molecule has 0 aliphatic heterocycles. The second kappa shape index (κ2) is 10.3. The number of hydrogen-bond donors (Lipinski definition) is 1. The van der Waals surface area contributed by atoms with Gasteiger partial charge in [0.25, 0.3) is 0 Å². The first-order chi connectivity index (χ1) is 9.99. The van der Waals surface area contributed by atoms with Gasteiger partial charge >= 0.3 is 0 Å². The highest BCUT2D eigenvalue weighted by Crippen LogP contribution is 2.24. The molecular formula is C15H22Cl2N2OS. The van der Waals surface area contributed by atoms with Crippen LogP contribution in [0.3, 0.4) is 0 Å². The van der Waals surface area contributed by atoms with Gasteiger partial charge < -0.3 is 10.2 Å². The molecule has 6 heteroatoms. The smallest absolute Gasteiger partial charge is 0.220 e. The summed E-state index contributed by atoms with van der Waals surface area (Å²) in [5.41, 5.74) is 1.13. The van der Waals surface area contributed by atoms with E-state index in [0.717, 1.165) is 36.6 Å². The summed E-state index contributed by atoms with van der Waals surface area (Å²) in [6, 6.07) is 5.64. The molecule has 0 atom stereocenters. The second-order valence-electron chi connectivity index (χ2n) is 5.06. The Kier molecular flexibility index (Phi) is 9.16. The standard InChI is InChI=1S/C15H22Cl2N2OS/c1-19(2)8-3-7-18-15(20)6-9-21-11-12-4-5-13(16)14(17)10-12/h4-5,10H,3,6-9,11H2,1-2H3,(H,18,20). The van der Waals surface area contributed by atoms with E-state index in [4.69, 9.17) is 23.2 Å². The highest BCUT2D eigenvalue weighted by molar-refractivity contribution is 7.98. The molecule has 3 nitrogen and oxygen atoms in total. The van der Waals surface area contributed by atoms with E-state index in [2.05, 4.69) is 10.2 Å². The number of benzene rings is 1. The maximum absolute atomic E-state index is 11.6. The summed E-state index contributed by atoms with van der Waals surface area (Å²) in [6.45, 7) is 1.74. The zero-order valence-electron chi connectivity index (χ0n) is 12.5. The number of nitrogens with zero attached hydrogens (tertiary/aromatic N) is 1. The van der Waals surface area contributed by atoms with E-state index in [-0.39, 0.29) is 5.91 Å². The van der Waals surface area contributed by atoms with Gasteiger partial charge in [-0.1, -0.05) is 29.3 Å². The molecule has 1 rings (SSSR count). The summed E-state index contributed by atoms with van der Waals surface area (Å²) >= 11 is 13.6. The van der Waals surface area contributed by atoms with Gasteiger partial charge in [0.05, 0.1) is 10.0 Å². The third-order valence-electron chi connectivity index (χ3n) is 2.83. The normalized spacial score (nSPS) is 10.9. The Morgan fingerprint density at radius 3 is 2.71 bits per heavy atom. The van der Waals surface area contributed by atoms with E-state index in [1.54, 1.807) is 17.8 Å². The van der Waals surface area contributed by atoms with Crippen LogP contribution in [0.1, 0.15) is 18.4 Å². The average Bonchev–Trinajstić information content (AvgIpc) is 2.43. The van der Waals surface area contributed by atoms with E-state index < -0.39 is 0 Å². The lowest BCUT2D eigenvalue weighted by Crippen LogP contribution is -2.27. The van der Waals surface area contributed by atoms with Crippen molar-refractivity contribution in [1.29, 1.82) is 0 Å². The molecule has 0 saturated carbocycles. The van der Waals surface area contributed by atoms with Crippen LogP contribution >= 0.6 is 35.0 Å². The molecule has 0 aliphatic carbocycles. The fraction of sp³-hybridized carbons (Fsp3) is 0.533. The highest BCUT2D eigenvalue weighted by atomic mass is 35.5. The van der Waals surface area contributed by atoms with Crippen molar-refractivity contribution in [2.75, 3.05) is 32.9 Å². The van der Waals surface area contributed by atoms with Gasteiger partial charge in [-0.25, -0.2) is 0 Å². The van der Waals surface area contributed by atoms with Gasteiger partial charge in [-0.15, -0.1) is 0 Å². The maximum Gasteiger partial charge on any atom is 0.220 e. The summed E-state index contributed by atoms with van der Waals surface area (Å²) in [5.74, 6) is 1.76. The Balaban J connectivity index is 2.10. The number of hydrogen-bond acceptors (Lipinski definition) is 3. The Labute approximate surface area is 141 Å². The van der Waals surface area contributed by atoms with E-state index in [1.807, 2.05) is 26.2 Å². The van der Waals surface area contributed by atoms with Gasteiger partial charge in [0.1, 0.15) is 0 Å². The van der Waals surface area contributed by atoms with Crippen molar-refractivity contribution in [2.24, 2.45) is 0 Å². The Morgan fingerprint density at radius 2 is 2.05 bits per heavy atom. The second-order valence-corrected chi connectivity index (χ2v) is 6.98. The van der Waals surface area contributed by atoms with E-state index in [0.29, 0.717) is 16.5 Å². The molecular weight excluding hydrogens is 327 g/mol. The van der Waals surface area contributed by atoms with Gasteiger partial charge in [-0.2, -0.15) is 11.8 Å². The Morgan fingerprint density at radius 1 is 1.29 bits per heavy atom. The number of carbonyl (C=O) groups excluding carboxylic acids is 1. The number of carbonyl (C=O) groups is 1. The van der Waals surface area contributed by atoms with E-state index >= 15 is 0 Å². The number of halogens is 2. The van der Waals surface area contributed by atoms with Crippen LogP contribution in [0.4, 0.5) is 0 Å². The van der Waals surface area contributed by atoms with Crippen LogP contribution in [-0.4, -0.2) is 43.7 Å². The van der Waals surface area contributed by atoms with Crippen LogP contribution in [-0.2, 0) is 10.5 Å². The lowest BCUT2D eigenvalue weighted by Gasteiger charge is -2.09. The molecule has 0 bridgehead atoms. The summed E-state index contributed by atoms with van der Waals surface area (Å²) in [4.78, 5) is 13.7. The number of thioether (sulfide) groups is 1. The lowest BCUT2D eigenvalue weighted by atomic mass is 10.2. The first-order valence-corrected chi connectivity index (χ1v) is 8.83. The van der Waals surface area contributed by atoms with Gasteiger partial charge in [0.2, 0.25) is 5.91 Å². The molecule has 1 aromatic rings.